The maximum atomic E-state index is 11.7. The third kappa shape index (κ3) is 1.60. The van der Waals surface area contributed by atoms with Crippen LogP contribution in [0.1, 0.15) is 5.56 Å². The minimum atomic E-state index is -3.64. The van der Waals surface area contributed by atoms with Crippen molar-refractivity contribution in [1.82, 2.24) is 0 Å². The molecule has 0 amide bonds. The molecule has 0 N–H and O–H groups in total. The first kappa shape index (κ1) is 11.1. The molecule has 1 aliphatic heterocycles. The smallest absolute Gasteiger partial charge is 0.199 e. The Kier molecular flexibility index (Phi) is 2.70. The molecule has 0 bridgehead atoms. The summed E-state index contributed by atoms with van der Waals surface area (Å²) in [6, 6.07) is 8.38. The fourth-order valence-corrected chi connectivity index (χ4v) is 3.05. The molecular formula is C10H7ClN2O2S. The molecule has 0 aromatic heterocycles. The van der Waals surface area contributed by atoms with E-state index in [1.165, 1.54) is 6.07 Å². The second-order valence-corrected chi connectivity index (χ2v) is 5.16. The van der Waals surface area contributed by atoms with Crippen molar-refractivity contribution in [2.45, 2.75) is 4.90 Å². The van der Waals surface area contributed by atoms with Crippen molar-refractivity contribution < 1.29 is 8.42 Å². The summed E-state index contributed by atoms with van der Waals surface area (Å²) in [6.45, 7) is 0. The Morgan fingerprint density at radius 2 is 2.12 bits per heavy atom. The van der Waals surface area contributed by atoms with E-state index in [0.717, 1.165) is 0 Å². The van der Waals surface area contributed by atoms with Crippen molar-refractivity contribution in [3.8, 4) is 6.07 Å². The lowest BCUT2D eigenvalue weighted by atomic mass is 10.00. The predicted molar refractivity (Wildman–Crippen MR) is 60.0 cm³/mol. The van der Waals surface area contributed by atoms with Crippen LogP contribution >= 0.6 is 11.6 Å². The summed E-state index contributed by atoms with van der Waals surface area (Å²) < 4.78 is 26.9. The minimum absolute atomic E-state index is 0.0270. The van der Waals surface area contributed by atoms with Crippen molar-refractivity contribution in [3.05, 3.63) is 29.8 Å². The zero-order chi connectivity index (χ0) is 11.8. The molecule has 0 aliphatic carbocycles. The van der Waals surface area contributed by atoms with Crippen LogP contribution in [0.3, 0.4) is 0 Å². The van der Waals surface area contributed by atoms with Crippen molar-refractivity contribution in [2.24, 2.45) is 10.3 Å². The first-order chi connectivity index (χ1) is 7.60. The van der Waals surface area contributed by atoms with Crippen LogP contribution in [-0.4, -0.2) is 20.0 Å². The van der Waals surface area contributed by atoms with E-state index in [1.807, 2.05) is 6.07 Å². The molecule has 1 aromatic rings. The van der Waals surface area contributed by atoms with E-state index in [2.05, 4.69) is 4.40 Å². The fraction of sp³-hybridized carbons (Fsp3) is 0.200. The van der Waals surface area contributed by atoms with Gasteiger partial charge in [0, 0.05) is 11.4 Å². The molecule has 0 fully saturated rings. The maximum Gasteiger partial charge on any atom is 0.283 e. The number of hydrogen-bond acceptors (Lipinski definition) is 3. The van der Waals surface area contributed by atoms with Gasteiger partial charge >= 0.3 is 0 Å². The zero-order valence-corrected chi connectivity index (χ0v) is 9.66. The number of nitrogens with zero attached hydrogens (tertiary/aromatic N) is 2. The summed E-state index contributed by atoms with van der Waals surface area (Å²) in [5.74, 6) is -0.667. The highest BCUT2D eigenvalue weighted by molar-refractivity contribution is 7.90. The number of benzene rings is 1. The predicted octanol–water partition coefficient (Wildman–Crippen LogP) is 1.56. The summed E-state index contributed by atoms with van der Waals surface area (Å²) in [4.78, 5) is 0.148. The van der Waals surface area contributed by atoms with E-state index < -0.39 is 15.9 Å². The monoisotopic (exact) mass is 254 g/mol. The van der Waals surface area contributed by atoms with Crippen molar-refractivity contribution in [1.29, 1.82) is 5.26 Å². The summed E-state index contributed by atoms with van der Waals surface area (Å²) >= 11 is 5.61. The largest absolute Gasteiger partial charge is 0.283 e. The molecule has 1 unspecified atom stereocenters. The van der Waals surface area contributed by atoms with Gasteiger partial charge in [-0.1, -0.05) is 18.2 Å². The highest BCUT2D eigenvalue weighted by Crippen LogP contribution is 2.29. The van der Waals surface area contributed by atoms with Crippen LogP contribution in [-0.2, 0) is 10.0 Å². The van der Waals surface area contributed by atoms with E-state index in [-0.39, 0.29) is 16.5 Å². The zero-order valence-electron chi connectivity index (χ0n) is 8.09. The Labute approximate surface area is 98.2 Å². The second-order valence-electron chi connectivity index (χ2n) is 3.28. The van der Waals surface area contributed by atoms with Crippen LogP contribution in [0.25, 0.3) is 0 Å². The molecule has 0 saturated heterocycles. The molecule has 6 heteroatoms. The van der Waals surface area contributed by atoms with Gasteiger partial charge in [-0.05, 0) is 6.07 Å². The summed E-state index contributed by atoms with van der Waals surface area (Å²) in [7, 11) is -3.64. The van der Waals surface area contributed by atoms with Crippen LogP contribution in [0.15, 0.2) is 33.6 Å². The van der Waals surface area contributed by atoms with Gasteiger partial charge in [-0.2, -0.15) is 18.1 Å². The van der Waals surface area contributed by atoms with Crippen LogP contribution < -0.4 is 0 Å². The number of alkyl halides is 1. The van der Waals surface area contributed by atoms with Gasteiger partial charge in [0.2, 0.25) is 0 Å². The number of halogens is 1. The normalized spacial score (nSPS) is 18.4. The van der Waals surface area contributed by atoms with Crippen molar-refractivity contribution in [2.75, 3.05) is 5.88 Å². The minimum Gasteiger partial charge on any atom is -0.199 e. The quantitative estimate of drug-likeness (QED) is 0.752. The standard InChI is InChI=1S/C10H7ClN2O2S/c11-5-7(6-12)10-8-3-1-2-4-9(8)16(14,15)13-10/h1-4,7H,5H2. The average molecular weight is 255 g/mol. The number of nitriles is 1. The maximum absolute atomic E-state index is 11.7. The van der Waals surface area contributed by atoms with E-state index in [1.54, 1.807) is 18.2 Å². The van der Waals surface area contributed by atoms with Gasteiger partial charge in [0.05, 0.1) is 16.7 Å². The van der Waals surface area contributed by atoms with Crippen molar-refractivity contribution in [3.63, 3.8) is 0 Å². The first-order valence-corrected chi connectivity index (χ1v) is 6.47. The molecule has 1 aliphatic rings. The van der Waals surface area contributed by atoms with E-state index in [4.69, 9.17) is 16.9 Å². The van der Waals surface area contributed by atoms with Crippen LogP contribution in [0.4, 0.5) is 0 Å². The average Bonchev–Trinajstić information content (AvgIpc) is 2.54. The fourth-order valence-electron chi connectivity index (χ4n) is 1.55. The summed E-state index contributed by atoms with van der Waals surface area (Å²) in [5, 5.41) is 8.87. The molecule has 82 valence electrons. The SMILES string of the molecule is N#CC(CCl)C1=NS(=O)(=O)c2ccccc21. The summed E-state index contributed by atoms with van der Waals surface area (Å²) in [6.07, 6.45) is 0. The molecule has 0 spiro atoms. The van der Waals surface area contributed by atoms with Gasteiger partial charge in [-0.15, -0.1) is 11.6 Å². The Hall–Kier alpha value is -1.38. The lowest BCUT2D eigenvalue weighted by Gasteiger charge is -2.04. The number of fused-ring (bicyclic) bond motifs is 1. The summed E-state index contributed by atoms with van der Waals surface area (Å²) in [5.41, 5.74) is 0.725. The molecular weight excluding hydrogens is 248 g/mol. The van der Waals surface area contributed by atoms with Gasteiger partial charge in [-0.3, -0.25) is 0 Å². The third-order valence-electron chi connectivity index (χ3n) is 2.30. The molecule has 16 heavy (non-hydrogen) atoms. The topological polar surface area (TPSA) is 70.3 Å². The molecule has 0 saturated carbocycles. The van der Waals surface area contributed by atoms with E-state index in [9.17, 15) is 8.42 Å². The highest BCUT2D eigenvalue weighted by atomic mass is 35.5. The Morgan fingerprint density at radius 3 is 2.75 bits per heavy atom. The highest BCUT2D eigenvalue weighted by Gasteiger charge is 2.32. The number of hydrogen-bond donors (Lipinski definition) is 0. The van der Waals surface area contributed by atoms with Gasteiger partial charge in [0.15, 0.2) is 0 Å². The Balaban J connectivity index is 2.65. The second kappa shape index (κ2) is 3.89. The van der Waals surface area contributed by atoms with E-state index in [0.29, 0.717) is 5.56 Å². The molecule has 2 rings (SSSR count). The van der Waals surface area contributed by atoms with E-state index >= 15 is 0 Å². The van der Waals surface area contributed by atoms with Crippen molar-refractivity contribution >= 4 is 27.3 Å². The van der Waals surface area contributed by atoms with Crippen LogP contribution in [0.5, 0.6) is 0 Å². The lowest BCUT2D eigenvalue weighted by molar-refractivity contribution is 0.599. The first-order valence-electron chi connectivity index (χ1n) is 4.50. The number of sulfonamides is 1. The van der Waals surface area contributed by atoms with Crippen LogP contribution in [0, 0.1) is 17.2 Å². The molecule has 1 atom stereocenters. The van der Waals surface area contributed by atoms with Gasteiger partial charge in [-0.25, -0.2) is 0 Å². The van der Waals surface area contributed by atoms with Gasteiger partial charge < -0.3 is 0 Å². The van der Waals surface area contributed by atoms with Gasteiger partial charge in [0.1, 0.15) is 5.92 Å². The lowest BCUT2D eigenvalue weighted by Crippen LogP contribution is -2.13. The Morgan fingerprint density at radius 1 is 1.44 bits per heavy atom. The molecule has 0 radical (unpaired) electrons. The number of rotatable bonds is 2. The van der Waals surface area contributed by atoms with Crippen LogP contribution in [0.2, 0.25) is 0 Å². The van der Waals surface area contributed by atoms with Gasteiger partial charge in [0.25, 0.3) is 10.0 Å². The molecule has 4 nitrogen and oxygen atoms in total. The molecule has 1 aromatic carbocycles. The third-order valence-corrected chi connectivity index (χ3v) is 3.96. The molecule has 1 heterocycles. The Bertz CT molecular complexity index is 601.